The van der Waals surface area contributed by atoms with E-state index in [9.17, 15) is 14.7 Å². The molecule has 0 bridgehead atoms. The van der Waals surface area contributed by atoms with Gasteiger partial charge in [0.1, 0.15) is 0 Å². The molecular weight excluding hydrogens is 867 g/mol. The van der Waals surface area contributed by atoms with E-state index in [4.69, 9.17) is 28.4 Å². The largest absolute Gasteiger partial charge is 0.466 e. The summed E-state index contributed by atoms with van der Waals surface area (Å²) < 4.78 is 35.5. The number of esters is 2. The van der Waals surface area contributed by atoms with Crippen molar-refractivity contribution >= 4 is 11.9 Å². The van der Waals surface area contributed by atoms with Crippen LogP contribution in [0.5, 0.6) is 0 Å². The summed E-state index contributed by atoms with van der Waals surface area (Å²) in [4.78, 5) is 27.5. The van der Waals surface area contributed by atoms with Crippen molar-refractivity contribution in [2.24, 2.45) is 0 Å². The second-order valence-corrected chi connectivity index (χ2v) is 18.5. The lowest BCUT2D eigenvalue weighted by molar-refractivity contribution is -0.152. The summed E-state index contributed by atoms with van der Waals surface area (Å²) >= 11 is 0. The maximum absolute atomic E-state index is 12.5. The first-order valence-electron chi connectivity index (χ1n) is 28.7. The van der Waals surface area contributed by atoms with E-state index in [-0.39, 0.29) is 31.1 Å². The molecule has 0 unspecified atom stereocenters. The van der Waals surface area contributed by atoms with Gasteiger partial charge in [-0.05, 0) is 174 Å². The van der Waals surface area contributed by atoms with Crippen LogP contribution in [-0.2, 0) is 38.0 Å². The third kappa shape index (κ3) is 51.8. The van der Waals surface area contributed by atoms with Crippen molar-refractivity contribution in [1.29, 1.82) is 0 Å². The van der Waals surface area contributed by atoms with Gasteiger partial charge in [-0.2, -0.15) is 0 Å². The van der Waals surface area contributed by atoms with Gasteiger partial charge in [-0.15, -0.1) is 0 Å². The predicted octanol–water partition coefficient (Wildman–Crippen LogP) is 15.3. The topological polar surface area (TPSA) is 113 Å². The zero-order valence-electron chi connectivity index (χ0n) is 45.3. The zero-order chi connectivity index (χ0) is 50.2. The van der Waals surface area contributed by atoms with Crippen LogP contribution in [0.15, 0.2) is 48.6 Å². The molecule has 0 rings (SSSR count). The van der Waals surface area contributed by atoms with Crippen molar-refractivity contribution in [3.63, 3.8) is 0 Å². The van der Waals surface area contributed by atoms with Crippen molar-refractivity contribution in [2.75, 3.05) is 65.9 Å². The molecule has 0 aliphatic rings. The summed E-state index contributed by atoms with van der Waals surface area (Å²) in [5, 5.41) is 9.47. The van der Waals surface area contributed by atoms with E-state index in [1.54, 1.807) is 0 Å². The molecule has 0 heterocycles. The number of allylic oxidation sites excluding steroid dienone is 8. The Morgan fingerprint density at radius 2 is 0.681 bits per heavy atom. The fraction of sp³-hybridized carbons (Fsp3) is 0.831. The summed E-state index contributed by atoms with van der Waals surface area (Å²) in [6.07, 6.45) is 49.7. The highest BCUT2D eigenvalue weighted by molar-refractivity contribution is 5.69. The number of hydrogen-bond donors (Lipinski definition) is 1. The van der Waals surface area contributed by atoms with Crippen LogP contribution in [0.3, 0.4) is 0 Å². The minimum absolute atomic E-state index is 0.126. The van der Waals surface area contributed by atoms with Gasteiger partial charge in [0, 0.05) is 52.4 Å². The molecule has 1 N–H and O–H groups in total. The monoisotopic (exact) mass is 976 g/mol. The minimum Gasteiger partial charge on any atom is -0.466 e. The number of nitrogens with zero attached hydrogens (tertiary/aromatic N) is 1. The predicted molar refractivity (Wildman–Crippen MR) is 288 cm³/mol. The SMILES string of the molecule is CC/C=C\CCCCOC(CCCC(=O)OCCCCCCCN(CCCO)CCCCCCCOC(=O)CCCC(OCCCC/C=C\CC)OCCCC/C=C\CC)OCCCC/C=C\CC. The normalized spacial score (nSPS) is 12.2. The maximum atomic E-state index is 12.5. The molecule has 0 amide bonds. The van der Waals surface area contributed by atoms with Gasteiger partial charge in [-0.25, -0.2) is 0 Å². The number of carbonyl (C=O) groups is 2. The number of rotatable bonds is 55. The van der Waals surface area contributed by atoms with Crippen LogP contribution in [0.2, 0.25) is 0 Å². The highest BCUT2D eigenvalue weighted by Crippen LogP contribution is 2.15. The van der Waals surface area contributed by atoms with Gasteiger partial charge < -0.3 is 38.4 Å². The summed E-state index contributed by atoms with van der Waals surface area (Å²) in [6, 6.07) is 0. The molecule has 10 nitrogen and oxygen atoms in total. The Kier molecular flexibility index (Phi) is 54.7. The van der Waals surface area contributed by atoms with E-state index in [2.05, 4.69) is 81.2 Å². The number of aliphatic hydroxyl groups is 1. The van der Waals surface area contributed by atoms with Gasteiger partial charge in [0.25, 0.3) is 0 Å². The molecule has 0 radical (unpaired) electrons. The molecule has 69 heavy (non-hydrogen) atoms. The summed E-state index contributed by atoms with van der Waals surface area (Å²) in [5.74, 6) is -0.252. The molecule has 0 aliphatic heterocycles. The van der Waals surface area contributed by atoms with E-state index in [1.807, 2.05) is 0 Å². The van der Waals surface area contributed by atoms with Crippen molar-refractivity contribution < 1.29 is 43.1 Å². The quantitative estimate of drug-likeness (QED) is 0.0274. The minimum atomic E-state index is -0.261. The molecule has 0 aliphatic carbocycles. The fourth-order valence-corrected chi connectivity index (χ4v) is 7.79. The summed E-state index contributed by atoms with van der Waals surface area (Å²) in [7, 11) is 0. The van der Waals surface area contributed by atoms with Crippen LogP contribution in [-0.4, -0.2) is 100 Å². The first kappa shape index (κ1) is 66.7. The van der Waals surface area contributed by atoms with Gasteiger partial charge in [0.05, 0.1) is 13.2 Å². The Labute approximate surface area is 425 Å². The Balaban J connectivity index is 4.18. The number of carbonyl (C=O) groups excluding carboxylic acids is 2. The van der Waals surface area contributed by atoms with E-state index in [0.29, 0.717) is 78.2 Å². The van der Waals surface area contributed by atoms with E-state index in [1.165, 1.54) is 0 Å². The van der Waals surface area contributed by atoms with Crippen LogP contribution < -0.4 is 0 Å². The lowest BCUT2D eigenvalue weighted by atomic mass is 10.1. The highest BCUT2D eigenvalue weighted by atomic mass is 16.7. The van der Waals surface area contributed by atoms with E-state index < -0.39 is 0 Å². The van der Waals surface area contributed by atoms with Gasteiger partial charge in [-0.1, -0.05) is 115 Å². The summed E-state index contributed by atoms with van der Waals surface area (Å²) in [6.45, 7) is 15.6. The van der Waals surface area contributed by atoms with Crippen molar-refractivity contribution in [2.45, 2.75) is 252 Å². The second-order valence-electron chi connectivity index (χ2n) is 18.5. The molecule has 0 aromatic rings. The highest BCUT2D eigenvalue weighted by Gasteiger charge is 2.14. The third-order valence-corrected chi connectivity index (χ3v) is 11.9. The van der Waals surface area contributed by atoms with Gasteiger partial charge in [0.2, 0.25) is 0 Å². The fourth-order valence-electron chi connectivity index (χ4n) is 7.79. The molecule has 0 saturated carbocycles. The maximum Gasteiger partial charge on any atom is 0.305 e. The van der Waals surface area contributed by atoms with Gasteiger partial charge in [0.15, 0.2) is 12.6 Å². The molecule has 0 fully saturated rings. The molecule has 0 aromatic heterocycles. The van der Waals surface area contributed by atoms with Crippen molar-refractivity contribution in [3.05, 3.63) is 48.6 Å². The van der Waals surface area contributed by atoms with Crippen LogP contribution >= 0.6 is 0 Å². The van der Waals surface area contributed by atoms with Crippen LogP contribution in [0.25, 0.3) is 0 Å². The Morgan fingerprint density at radius 3 is 1.01 bits per heavy atom. The standard InChI is InChI=1S/C59H109NO9/c1-5-9-13-17-25-35-52-66-58(67-53-36-26-18-14-10-6-2)44-39-42-56(62)64-50-33-29-21-23-31-46-60(48-41-49-61)47-32-24-22-30-34-51-65-57(63)43-40-45-59(68-54-37-27-19-15-11-7-3)69-55-38-28-20-16-12-8-4/h9-16,58-59,61H,5-8,17-55H2,1-4H3/b13-9-,14-10-,15-11-,16-12-. The lowest BCUT2D eigenvalue weighted by Gasteiger charge is -2.22. The van der Waals surface area contributed by atoms with Crippen LogP contribution in [0, 0.1) is 0 Å². The molecular formula is C59H109NO9. The van der Waals surface area contributed by atoms with Gasteiger partial charge in [-0.3, -0.25) is 9.59 Å². The average molecular weight is 977 g/mol. The molecule has 10 heteroatoms. The molecule has 0 spiro atoms. The number of hydrogen-bond acceptors (Lipinski definition) is 10. The lowest BCUT2D eigenvalue weighted by Crippen LogP contribution is -2.27. The molecule has 0 saturated heterocycles. The van der Waals surface area contributed by atoms with Crippen LogP contribution in [0.1, 0.15) is 240 Å². The first-order chi connectivity index (χ1) is 34.0. The van der Waals surface area contributed by atoms with Crippen molar-refractivity contribution in [1.82, 2.24) is 4.90 Å². The number of unbranched alkanes of at least 4 members (excludes halogenated alkanes) is 16. The average Bonchev–Trinajstić information content (AvgIpc) is 3.35. The molecule has 404 valence electrons. The number of aliphatic hydroxyl groups excluding tert-OH is 1. The Hall–Kier alpha value is -2.34. The summed E-state index contributed by atoms with van der Waals surface area (Å²) in [5.41, 5.74) is 0. The Bertz CT molecular complexity index is 1060. The van der Waals surface area contributed by atoms with Gasteiger partial charge >= 0.3 is 11.9 Å². The zero-order valence-corrected chi connectivity index (χ0v) is 45.3. The molecule has 0 aromatic carbocycles. The Morgan fingerprint density at radius 1 is 0.377 bits per heavy atom. The van der Waals surface area contributed by atoms with E-state index >= 15 is 0 Å². The van der Waals surface area contributed by atoms with Crippen LogP contribution in [0.4, 0.5) is 0 Å². The third-order valence-electron chi connectivity index (χ3n) is 11.9. The second kappa shape index (κ2) is 56.6. The van der Waals surface area contributed by atoms with E-state index in [0.717, 1.165) is 193 Å². The number of ether oxygens (including phenoxy) is 6. The molecule has 0 atom stereocenters. The smallest absolute Gasteiger partial charge is 0.305 e. The van der Waals surface area contributed by atoms with Crippen molar-refractivity contribution in [3.8, 4) is 0 Å². The first-order valence-corrected chi connectivity index (χ1v) is 28.7.